The molecule has 0 unspecified atom stereocenters. The van der Waals surface area contributed by atoms with Crippen LogP contribution < -0.4 is 9.64 Å². The second-order valence-corrected chi connectivity index (χ2v) is 12.0. The third kappa shape index (κ3) is 5.62. The number of rotatable bonds is 1. The first-order valence-electron chi connectivity index (χ1n) is 14.2. The fraction of sp³-hybridized carbons (Fsp3) is 0.548. The maximum Gasteiger partial charge on any atom is 0.340 e. The highest BCUT2D eigenvalue weighted by Gasteiger charge is 2.44. The third-order valence-corrected chi connectivity index (χ3v) is 9.11. The van der Waals surface area contributed by atoms with Crippen LogP contribution in [0.3, 0.4) is 0 Å². The lowest BCUT2D eigenvalue weighted by molar-refractivity contribution is -0.164. The second kappa shape index (κ2) is 11.4. The van der Waals surface area contributed by atoms with Gasteiger partial charge < -0.3 is 24.7 Å². The molecule has 2 atom stereocenters. The summed E-state index contributed by atoms with van der Waals surface area (Å²) in [5, 5.41) is 22.3. The minimum atomic E-state index is -2.33. The number of hydrogen-bond acceptors (Lipinski definition) is 5. The van der Waals surface area contributed by atoms with Crippen LogP contribution in [-0.2, 0) is 27.0 Å². The summed E-state index contributed by atoms with van der Waals surface area (Å²) in [4.78, 5) is 29.3. The molecule has 8 heteroatoms. The number of halogens is 1. The Balaban J connectivity index is 1.56. The minimum absolute atomic E-state index is 0.197. The standard InChI is InChI=1S/C31H39ClN2O5/c1-33-15-6-4-2-3-5-7-16-34-20-30(14-8-9-22-17-24(32)11-12-25(22)30)21-39-27-13-10-23(18-26(27)34)31(38,29(36)37)19-28(33)35/h10-13,17-18,38H,2-9,14-16,19-21H2,1H3,(H,36,37)/t30-,31+/m0/s1. The van der Waals surface area contributed by atoms with Crippen molar-refractivity contribution in [3.63, 3.8) is 0 Å². The number of benzene rings is 2. The first-order chi connectivity index (χ1) is 18.7. The van der Waals surface area contributed by atoms with E-state index in [1.807, 2.05) is 6.07 Å². The lowest BCUT2D eigenvalue weighted by Crippen LogP contribution is -2.46. The molecule has 0 saturated heterocycles. The Morgan fingerprint density at radius 2 is 1.74 bits per heavy atom. The summed E-state index contributed by atoms with van der Waals surface area (Å²) in [7, 11) is 1.68. The Labute approximate surface area is 235 Å². The molecule has 210 valence electrons. The monoisotopic (exact) mass is 554 g/mol. The van der Waals surface area contributed by atoms with Gasteiger partial charge in [0.15, 0.2) is 5.60 Å². The number of carboxylic acids is 1. The number of nitrogens with zero attached hydrogens (tertiary/aromatic N) is 2. The van der Waals surface area contributed by atoms with Gasteiger partial charge >= 0.3 is 5.97 Å². The number of ether oxygens (including phenoxy) is 1. The van der Waals surface area contributed by atoms with E-state index in [0.717, 1.165) is 81.6 Å². The number of aliphatic hydroxyl groups is 1. The SMILES string of the molecule is CN1CCCCCCCCN2C[C@@]3(CCCc4cc(Cl)ccc43)COc3ccc(cc32)[C@@](O)(C(=O)O)CC1=O. The van der Waals surface area contributed by atoms with E-state index < -0.39 is 18.0 Å². The molecule has 2 aromatic rings. The van der Waals surface area contributed by atoms with Crippen LogP contribution >= 0.6 is 11.6 Å². The predicted octanol–water partition coefficient (Wildman–Crippen LogP) is 5.29. The van der Waals surface area contributed by atoms with Gasteiger partial charge in [-0.3, -0.25) is 4.79 Å². The van der Waals surface area contributed by atoms with Crippen LogP contribution in [0.15, 0.2) is 36.4 Å². The highest BCUT2D eigenvalue weighted by Crippen LogP contribution is 2.45. The number of aliphatic carboxylic acids is 1. The van der Waals surface area contributed by atoms with Crippen molar-refractivity contribution < 1.29 is 24.5 Å². The van der Waals surface area contributed by atoms with E-state index in [0.29, 0.717) is 18.9 Å². The maximum atomic E-state index is 13.0. The van der Waals surface area contributed by atoms with Crippen LogP contribution in [0.5, 0.6) is 5.75 Å². The fourth-order valence-electron chi connectivity index (χ4n) is 6.55. The minimum Gasteiger partial charge on any atom is -0.490 e. The zero-order chi connectivity index (χ0) is 27.6. The summed E-state index contributed by atoms with van der Waals surface area (Å²) >= 11 is 6.35. The molecule has 0 fully saturated rings. The smallest absolute Gasteiger partial charge is 0.340 e. The first-order valence-corrected chi connectivity index (χ1v) is 14.6. The van der Waals surface area contributed by atoms with Gasteiger partial charge in [0, 0.05) is 37.1 Å². The summed E-state index contributed by atoms with van der Waals surface area (Å²) in [6.07, 6.45) is 8.72. The topological polar surface area (TPSA) is 90.3 Å². The number of anilines is 1. The highest BCUT2D eigenvalue weighted by atomic mass is 35.5. The van der Waals surface area contributed by atoms with Crippen molar-refractivity contribution in [2.24, 2.45) is 0 Å². The molecule has 2 heterocycles. The van der Waals surface area contributed by atoms with Crippen LogP contribution in [0.4, 0.5) is 5.69 Å². The second-order valence-electron chi connectivity index (χ2n) is 11.6. The van der Waals surface area contributed by atoms with Gasteiger partial charge in [-0.15, -0.1) is 0 Å². The Morgan fingerprint density at radius 1 is 1.00 bits per heavy atom. The number of carbonyl (C=O) groups excluding carboxylic acids is 1. The molecule has 3 aliphatic rings. The molecule has 2 bridgehead atoms. The van der Waals surface area contributed by atoms with Crippen molar-refractivity contribution in [2.45, 2.75) is 75.2 Å². The van der Waals surface area contributed by atoms with Crippen LogP contribution in [-0.4, -0.2) is 60.3 Å². The molecule has 5 rings (SSSR count). The van der Waals surface area contributed by atoms with Gasteiger partial charge in [-0.2, -0.15) is 0 Å². The number of carboxylic acid groups (broad SMARTS) is 1. The van der Waals surface area contributed by atoms with E-state index in [2.05, 4.69) is 17.0 Å². The van der Waals surface area contributed by atoms with Crippen LogP contribution in [0.2, 0.25) is 5.02 Å². The molecule has 7 nitrogen and oxygen atoms in total. The number of aryl methyl sites for hydroxylation is 1. The molecular formula is C31H39ClN2O5. The number of carbonyl (C=O) groups is 2. The maximum absolute atomic E-state index is 13.0. The molecule has 1 aliphatic carbocycles. The number of amides is 1. The highest BCUT2D eigenvalue weighted by molar-refractivity contribution is 6.30. The summed E-state index contributed by atoms with van der Waals surface area (Å²) < 4.78 is 6.48. The van der Waals surface area contributed by atoms with Crippen molar-refractivity contribution in [3.8, 4) is 5.75 Å². The molecule has 1 amide bonds. The van der Waals surface area contributed by atoms with Crippen molar-refractivity contribution in [2.75, 3.05) is 38.2 Å². The number of hydrogen-bond donors (Lipinski definition) is 2. The van der Waals surface area contributed by atoms with Gasteiger partial charge in [-0.1, -0.05) is 49.4 Å². The zero-order valence-electron chi connectivity index (χ0n) is 22.8. The Bertz CT molecular complexity index is 1240. The molecule has 0 aromatic heterocycles. The fourth-order valence-corrected chi connectivity index (χ4v) is 6.74. The van der Waals surface area contributed by atoms with E-state index in [-0.39, 0.29) is 16.9 Å². The van der Waals surface area contributed by atoms with E-state index in [9.17, 15) is 19.8 Å². The average molecular weight is 555 g/mol. The zero-order valence-corrected chi connectivity index (χ0v) is 23.5. The molecule has 0 radical (unpaired) electrons. The van der Waals surface area contributed by atoms with Gasteiger partial charge in [0.1, 0.15) is 5.75 Å². The predicted molar refractivity (Wildman–Crippen MR) is 152 cm³/mol. The van der Waals surface area contributed by atoms with Crippen molar-refractivity contribution in [1.82, 2.24) is 4.90 Å². The van der Waals surface area contributed by atoms with Crippen molar-refractivity contribution in [3.05, 3.63) is 58.1 Å². The molecule has 0 saturated carbocycles. The summed E-state index contributed by atoms with van der Waals surface area (Å²) in [6.45, 7) is 2.59. The third-order valence-electron chi connectivity index (χ3n) is 8.87. The van der Waals surface area contributed by atoms with Gasteiger partial charge in [0.25, 0.3) is 0 Å². The molecule has 1 spiro atoms. The largest absolute Gasteiger partial charge is 0.490 e. The summed E-state index contributed by atoms with van der Waals surface area (Å²) in [5.74, 6) is -1.14. The van der Waals surface area contributed by atoms with Gasteiger partial charge in [0.2, 0.25) is 5.91 Å². The molecule has 2 aliphatic heterocycles. The molecular weight excluding hydrogens is 516 g/mol. The summed E-state index contributed by atoms with van der Waals surface area (Å²) in [5.41, 5.74) is 0.956. The van der Waals surface area contributed by atoms with Crippen LogP contribution in [0.1, 0.15) is 74.5 Å². The van der Waals surface area contributed by atoms with Gasteiger partial charge in [-0.05, 0) is 73.1 Å². The average Bonchev–Trinajstić information content (AvgIpc) is 3.06. The van der Waals surface area contributed by atoms with E-state index in [4.69, 9.17) is 16.3 Å². The van der Waals surface area contributed by atoms with E-state index in [1.54, 1.807) is 25.2 Å². The van der Waals surface area contributed by atoms with Crippen LogP contribution in [0, 0.1) is 0 Å². The number of fused-ring (bicyclic) bond motifs is 3. The van der Waals surface area contributed by atoms with Gasteiger partial charge in [-0.25, -0.2) is 4.79 Å². The lowest BCUT2D eigenvalue weighted by Gasteiger charge is -2.41. The van der Waals surface area contributed by atoms with Crippen molar-refractivity contribution in [1.29, 1.82) is 0 Å². The Kier molecular flexibility index (Phi) is 8.11. The van der Waals surface area contributed by atoms with Crippen LogP contribution in [0.25, 0.3) is 0 Å². The van der Waals surface area contributed by atoms with Crippen molar-refractivity contribution >= 4 is 29.2 Å². The lowest BCUT2D eigenvalue weighted by atomic mass is 9.70. The van der Waals surface area contributed by atoms with Gasteiger partial charge in [0.05, 0.1) is 18.7 Å². The molecule has 39 heavy (non-hydrogen) atoms. The normalized spacial score (nSPS) is 26.5. The Hall–Kier alpha value is -2.77. The first kappa shape index (κ1) is 27.8. The Morgan fingerprint density at radius 3 is 2.51 bits per heavy atom. The summed E-state index contributed by atoms with van der Waals surface area (Å²) in [6, 6.07) is 11.3. The van der Waals surface area contributed by atoms with E-state index >= 15 is 0 Å². The van der Waals surface area contributed by atoms with E-state index in [1.165, 1.54) is 16.0 Å². The molecule has 2 N–H and O–H groups in total. The molecule has 2 aromatic carbocycles. The quantitative estimate of drug-likeness (QED) is 0.498.